The number of benzene rings is 1. The van der Waals surface area contributed by atoms with Gasteiger partial charge in [-0.05, 0) is 36.8 Å². The highest BCUT2D eigenvalue weighted by molar-refractivity contribution is 7.91. The quantitative estimate of drug-likeness (QED) is 0.768. The Labute approximate surface area is 139 Å². The normalized spacial score (nSPS) is 19.7. The van der Waals surface area contributed by atoms with Gasteiger partial charge < -0.3 is 4.90 Å². The molecule has 23 heavy (non-hydrogen) atoms. The van der Waals surface area contributed by atoms with Crippen molar-refractivity contribution in [3.8, 4) is 0 Å². The molecule has 5 heteroatoms. The Balaban J connectivity index is 1.95. The van der Waals surface area contributed by atoms with Crippen molar-refractivity contribution < 1.29 is 13.2 Å². The molecular weight excluding hydrogens is 310 g/mol. The minimum Gasteiger partial charge on any atom is -0.339 e. The van der Waals surface area contributed by atoms with Crippen LogP contribution >= 0.6 is 0 Å². The van der Waals surface area contributed by atoms with Crippen molar-refractivity contribution in [2.45, 2.75) is 52.0 Å². The maximum Gasteiger partial charge on any atom is 0.223 e. The van der Waals surface area contributed by atoms with Gasteiger partial charge in [0, 0.05) is 19.0 Å². The van der Waals surface area contributed by atoms with Gasteiger partial charge in [-0.15, -0.1) is 0 Å². The molecule has 0 N–H and O–H groups in total. The summed E-state index contributed by atoms with van der Waals surface area (Å²) < 4.78 is 23.3. The van der Waals surface area contributed by atoms with E-state index in [-0.39, 0.29) is 23.5 Å². The molecule has 1 aromatic rings. The van der Waals surface area contributed by atoms with Gasteiger partial charge in [-0.1, -0.05) is 38.1 Å². The molecule has 1 saturated heterocycles. The highest BCUT2D eigenvalue weighted by Crippen LogP contribution is 2.19. The monoisotopic (exact) mass is 337 g/mol. The summed E-state index contributed by atoms with van der Waals surface area (Å²) in [5.74, 6) is 0.418. The predicted molar refractivity (Wildman–Crippen MR) is 93.2 cm³/mol. The molecule has 1 unspecified atom stereocenters. The summed E-state index contributed by atoms with van der Waals surface area (Å²) in [4.78, 5) is 14.4. The minimum absolute atomic E-state index is 0.0773. The Hall–Kier alpha value is -1.36. The second kappa shape index (κ2) is 7.95. The van der Waals surface area contributed by atoms with Gasteiger partial charge in [-0.2, -0.15) is 0 Å². The summed E-state index contributed by atoms with van der Waals surface area (Å²) in [6, 6.07) is 8.24. The van der Waals surface area contributed by atoms with E-state index in [9.17, 15) is 13.2 Å². The van der Waals surface area contributed by atoms with Gasteiger partial charge in [-0.3, -0.25) is 4.79 Å². The van der Waals surface area contributed by atoms with Crippen LogP contribution in [0, 0.1) is 0 Å². The van der Waals surface area contributed by atoms with Crippen LogP contribution in [0.15, 0.2) is 24.3 Å². The third kappa shape index (κ3) is 5.06. The maximum atomic E-state index is 12.6. The van der Waals surface area contributed by atoms with Crippen LogP contribution in [0.4, 0.5) is 0 Å². The van der Waals surface area contributed by atoms with E-state index in [0.29, 0.717) is 25.8 Å². The van der Waals surface area contributed by atoms with E-state index in [2.05, 4.69) is 31.2 Å². The number of sulfone groups is 1. The molecule has 4 nitrogen and oxygen atoms in total. The summed E-state index contributed by atoms with van der Waals surface area (Å²) in [6.45, 7) is 4.79. The van der Waals surface area contributed by atoms with Crippen LogP contribution in [0.2, 0.25) is 0 Å². The van der Waals surface area contributed by atoms with Crippen LogP contribution in [0.25, 0.3) is 0 Å². The van der Waals surface area contributed by atoms with E-state index >= 15 is 0 Å². The lowest BCUT2D eigenvalue weighted by atomic mass is 10.1. The van der Waals surface area contributed by atoms with E-state index in [0.717, 1.165) is 18.4 Å². The summed E-state index contributed by atoms with van der Waals surface area (Å²) in [5, 5.41) is 0. The Bertz CT molecular complexity index is 622. The lowest BCUT2D eigenvalue weighted by Gasteiger charge is -2.28. The summed E-state index contributed by atoms with van der Waals surface area (Å²) in [5.41, 5.74) is 2.45. The SMILES string of the molecule is CCCN(C(=O)CCc1ccc(CC)cc1)C1CCS(=O)(=O)C1. The smallest absolute Gasteiger partial charge is 0.223 e. The van der Waals surface area contributed by atoms with E-state index in [1.54, 1.807) is 4.90 Å². The molecule has 1 aliphatic rings. The molecule has 0 aromatic heterocycles. The first-order valence-electron chi connectivity index (χ1n) is 8.53. The molecule has 2 rings (SSSR count). The molecule has 0 aliphatic carbocycles. The van der Waals surface area contributed by atoms with Gasteiger partial charge in [-0.25, -0.2) is 8.42 Å². The van der Waals surface area contributed by atoms with Crippen molar-refractivity contribution >= 4 is 15.7 Å². The highest BCUT2D eigenvalue weighted by Gasteiger charge is 2.33. The lowest BCUT2D eigenvalue weighted by molar-refractivity contribution is -0.133. The lowest BCUT2D eigenvalue weighted by Crippen LogP contribution is -2.41. The molecule has 1 amide bonds. The fourth-order valence-corrected chi connectivity index (χ4v) is 4.84. The largest absolute Gasteiger partial charge is 0.339 e. The first-order valence-corrected chi connectivity index (χ1v) is 10.3. The van der Waals surface area contributed by atoms with Crippen LogP contribution in [0.1, 0.15) is 44.2 Å². The maximum absolute atomic E-state index is 12.6. The van der Waals surface area contributed by atoms with E-state index in [1.807, 2.05) is 6.92 Å². The first kappa shape index (κ1) is 18.0. The molecular formula is C18H27NO3S. The first-order chi connectivity index (χ1) is 10.9. The van der Waals surface area contributed by atoms with Crippen LogP contribution < -0.4 is 0 Å². The van der Waals surface area contributed by atoms with Crippen LogP contribution in [0.5, 0.6) is 0 Å². The standard InChI is InChI=1S/C18H27NO3S/c1-3-12-19(17-11-13-23(21,22)14-17)18(20)10-9-16-7-5-15(4-2)6-8-16/h5-8,17H,3-4,9-14H2,1-2H3. The van der Waals surface area contributed by atoms with Crippen molar-refractivity contribution in [3.05, 3.63) is 35.4 Å². The zero-order valence-electron chi connectivity index (χ0n) is 14.1. The van der Waals surface area contributed by atoms with Crippen molar-refractivity contribution in [1.29, 1.82) is 0 Å². The predicted octanol–water partition coefficient (Wildman–Crippen LogP) is 2.61. The van der Waals surface area contributed by atoms with Crippen molar-refractivity contribution in [2.75, 3.05) is 18.1 Å². The van der Waals surface area contributed by atoms with Crippen molar-refractivity contribution in [1.82, 2.24) is 4.90 Å². The second-order valence-corrected chi connectivity index (χ2v) is 8.54. The number of amides is 1. The van der Waals surface area contributed by atoms with Gasteiger partial charge in [0.2, 0.25) is 5.91 Å². The molecule has 0 saturated carbocycles. The number of hydrogen-bond acceptors (Lipinski definition) is 3. The summed E-state index contributed by atoms with van der Waals surface area (Å²) in [6.07, 6.45) is 3.61. The number of carbonyl (C=O) groups is 1. The van der Waals surface area contributed by atoms with Crippen LogP contribution in [-0.2, 0) is 27.5 Å². The molecule has 1 fully saturated rings. The molecule has 1 heterocycles. The number of aryl methyl sites for hydroxylation is 2. The molecule has 0 radical (unpaired) electrons. The summed E-state index contributed by atoms with van der Waals surface area (Å²) in [7, 11) is -2.96. The van der Waals surface area contributed by atoms with Gasteiger partial charge in [0.1, 0.15) is 0 Å². The Morgan fingerprint density at radius 2 is 1.83 bits per heavy atom. The van der Waals surface area contributed by atoms with E-state index in [4.69, 9.17) is 0 Å². The topological polar surface area (TPSA) is 54.5 Å². The average molecular weight is 337 g/mol. The van der Waals surface area contributed by atoms with E-state index < -0.39 is 9.84 Å². The molecule has 0 bridgehead atoms. The average Bonchev–Trinajstić information content (AvgIpc) is 2.90. The number of carbonyl (C=O) groups excluding carboxylic acids is 1. The molecule has 0 spiro atoms. The summed E-state index contributed by atoms with van der Waals surface area (Å²) >= 11 is 0. The van der Waals surface area contributed by atoms with Crippen LogP contribution in [0.3, 0.4) is 0 Å². The van der Waals surface area contributed by atoms with Crippen LogP contribution in [-0.4, -0.2) is 43.3 Å². The fourth-order valence-electron chi connectivity index (χ4n) is 3.11. The number of hydrogen-bond donors (Lipinski definition) is 0. The van der Waals surface area contributed by atoms with Crippen molar-refractivity contribution in [2.24, 2.45) is 0 Å². The Morgan fingerprint density at radius 3 is 2.35 bits per heavy atom. The molecule has 1 aromatic carbocycles. The fraction of sp³-hybridized carbons (Fsp3) is 0.611. The second-order valence-electron chi connectivity index (χ2n) is 6.31. The highest BCUT2D eigenvalue weighted by atomic mass is 32.2. The zero-order chi connectivity index (χ0) is 16.9. The minimum atomic E-state index is -2.96. The van der Waals surface area contributed by atoms with E-state index in [1.165, 1.54) is 5.56 Å². The van der Waals surface area contributed by atoms with Gasteiger partial charge in [0.25, 0.3) is 0 Å². The Kier molecular flexibility index (Phi) is 6.22. The molecule has 1 atom stereocenters. The number of rotatable bonds is 7. The third-order valence-corrected chi connectivity index (χ3v) is 6.24. The van der Waals surface area contributed by atoms with Gasteiger partial charge in [0.15, 0.2) is 9.84 Å². The third-order valence-electron chi connectivity index (χ3n) is 4.49. The Morgan fingerprint density at radius 1 is 1.17 bits per heavy atom. The van der Waals surface area contributed by atoms with Gasteiger partial charge >= 0.3 is 0 Å². The van der Waals surface area contributed by atoms with Gasteiger partial charge in [0.05, 0.1) is 11.5 Å². The molecule has 1 aliphatic heterocycles. The number of nitrogens with zero attached hydrogens (tertiary/aromatic N) is 1. The molecule has 128 valence electrons. The van der Waals surface area contributed by atoms with Crippen molar-refractivity contribution in [3.63, 3.8) is 0 Å². The zero-order valence-corrected chi connectivity index (χ0v) is 14.9.